The Labute approximate surface area is 121 Å². The van der Waals surface area contributed by atoms with Gasteiger partial charge in [-0.15, -0.1) is 0 Å². The fraction of sp³-hybridized carbons (Fsp3) is 0.143. The molecule has 0 bridgehead atoms. The van der Waals surface area contributed by atoms with Gasteiger partial charge in [0.15, 0.2) is 0 Å². The molecule has 1 aromatic carbocycles. The first-order chi connectivity index (χ1) is 9.70. The van der Waals surface area contributed by atoms with Crippen LogP contribution in [0.2, 0.25) is 5.15 Å². The highest BCUT2D eigenvalue weighted by atomic mass is 35.5. The highest BCUT2D eigenvalue weighted by Crippen LogP contribution is 2.09. The van der Waals surface area contributed by atoms with Crippen LogP contribution in [0.1, 0.15) is 16.1 Å². The predicted molar refractivity (Wildman–Crippen MR) is 73.8 cm³/mol. The number of rotatable bonds is 4. The first-order valence-electron chi connectivity index (χ1n) is 5.88. The zero-order valence-electron chi connectivity index (χ0n) is 10.5. The van der Waals surface area contributed by atoms with E-state index in [2.05, 4.69) is 9.97 Å². The summed E-state index contributed by atoms with van der Waals surface area (Å²) in [6.07, 6.45) is 2.69. The lowest BCUT2D eigenvalue weighted by molar-refractivity contribution is 0.0758. The molecule has 1 amide bonds. The van der Waals surface area contributed by atoms with Crippen LogP contribution in [0.3, 0.4) is 0 Å². The van der Waals surface area contributed by atoms with Crippen molar-refractivity contribution in [1.82, 2.24) is 14.9 Å². The van der Waals surface area contributed by atoms with Gasteiger partial charge in [0.1, 0.15) is 17.4 Å². The number of amides is 1. The number of benzene rings is 1. The minimum absolute atomic E-state index is 0.0259. The predicted octanol–water partition coefficient (Wildman–Crippen LogP) is 2.30. The standard InChI is InChI=1S/C14H11ClN4O/c15-13-9-17-8-12(18-13)14(20)19(7-6-16)10-11-4-2-1-3-5-11/h1-5,8-9H,7,10H2. The smallest absolute Gasteiger partial charge is 0.275 e. The highest BCUT2D eigenvalue weighted by molar-refractivity contribution is 6.29. The van der Waals surface area contributed by atoms with Crippen LogP contribution in [0.15, 0.2) is 42.7 Å². The Morgan fingerprint density at radius 3 is 2.70 bits per heavy atom. The van der Waals surface area contributed by atoms with Crippen LogP contribution in [0.5, 0.6) is 0 Å². The van der Waals surface area contributed by atoms with E-state index in [0.717, 1.165) is 5.56 Å². The SMILES string of the molecule is N#CCN(Cc1ccccc1)C(=O)c1cncc(Cl)n1. The average molecular weight is 287 g/mol. The third-order valence-electron chi connectivity index (χ3n) is 2.59. The van der Waals surface area contributed by atoms with E-state index in [1.807, 2.05) is 36.4 Å². The summed E-state index contributed by atoms with van der Waals surface area (Å²) in [5, 5.41) is 9.00. The molecule has 0 spiro atoms. The van der Waals surface area contributed by atoms with Gasteiger partial charge in [0.25, 0.3) is 5.91 Å². The zero-order valence-corrected chi connectivity index (χ0v) is 11.3. The Hall–Kier alpha value is -2.45. The summed E-state index contributed by atoms with van der Waals surface area (Å²) in [7, 11) is 0. The molecular formula is C14H11ClN4O. The second-order valence-corrected chi connectivity index (χ2v) is 4.42. The maximum Gasteiger partial charge on any atom is 0.275 e. The molecule has 5 nitrogen and oxygen atoms in total. The van der Waals surface area contributed by atoms with Gasteiger partial charge in [-0.25, -0.2) is 4.98 Å². The number of halogens is 1. The summed E-state index contributed by atoms with van der Waals surface area (Å²) < 4.78 is 0. The lowest BCUT2D eigenvalue weighted by Crippen LogP contribution is -2.31. The molecule has 100 valence electrons. The molecule has 1 aromatic heterocycles. The van der Waals surface area contributed by atoms with Gasteiger partial charge in [-0.3, -0.25) is 9.78 Å². The second-order valence-electron chi connectivity index (χ2n) is 4.03. The van der Waals surface area contributed by atoms with Gasteiger partial charge < -0.3 is 4.90 Å². The Kier molecular flexibility index (Phi) is 4.64. The Morgan fingerprint density at radius 2 is 2.05 bits per heavy atom. The molecule has 0 unspecified atom stereocenters. The molecule has 20 heavy (non-hydrogen) atoms. The average Bonchev–Trinajstić information content (AvgIpc) is 2.47. The second kappa shape index (κ2) is 6.64. The fourth-order valence-corrected chi connectivity index (χ4v) is 1.84. The maximum absolute atomic E-state index is 12.3. The number of hydrogen-bond acceptors (Lipinski definition) is 4. The summed E-state index contributed by atoms with van der Waals surface area (Å²) in [4.78, 5) is 21.5. The van der Waals surface area contributed by atoms with Gasteiger partial charge in [-0.05, 0) is 5.56 Å². The molecule has 0 aliphatic rings. The number of nitriles is 1. The summed E-state index contributed by atoms with van der Waals surface area (Å²) in [6, 6.07) is 11.4. The summed E-state index contributed by atoms with van der Waals surface area (Å²) in [6.45, 7) is 0.309. The van der Waals surface area contributed by atoms with Crippen LogP contribution in [0, 0.1) is 11.3 Å². The van der Waals surface area contributed by atoms with E-state index >= 15 is 0 Å². The summed E-state index contributed by atoms with van der Waals surface area (Å²) in [5.74, 6) is -0.370. The quantitative estimate of drug-likeness (QED) is 0.809. The van der Waals surface area contributed by atoms with Gasteiger partial charge >= 0.3 is 0 Å². The number of hydrogen-bond donors (Lipinski definition) is 0. The Morgan fingerprint density at radius 1 is 1.30 bits per heavy atom. The third kappa shape index (κ3) is 3.53. The monoisotopic (exact) mass is 286 g/mol. The first-order valence-corrected chi connectivity index (χ1v) is 6.26. The van der Waals surface area contributed by atoms with E-state index in [9.17, 15) is 4.79 Å². The van der Waals surface area contributed by atoms with Crippen LogP contribution in [-0.4, -0.2) is 27.3 Å². The van der Waals surface area contributed by atoms with Gasteiger partial charge in [0.2, 0.25) is 0 Å². The molecule has 2 aromatic rings. The number of aromatic nitrogens is 2. The van der Waals surface area contributed by atoms with Crippen LogP contribution in [-0.2, 0) is 6.54 Å². The third-order valence-corrected chi connectivity index (χ3v) is 2.77. The van der Waals surface area contributed by atoms with E-state index in [4.69, 9.17) is 16.9 Å². The van der Waals surface area contributed by atoms with Gasteiger partial charge in [0.05, 0.1) is 18.5 Å². The highest BCUT2D eigenvalue weighted by Gasteiger charge is 2.17. The minimum Gasteiger partial charge on any atom is -0.320 e. The fourth-order valence-electron chi connectivity index (χ4n) is 1.70. The molecule has 0 aliphatic carbocycles. The lowest BCUT2D eigenvalue weighted by atomic mass is 10.2. The molecule has 0 N–H and O–H groups in total. The van der Waals surface area contributed by atoms with Crippen LogP contribution in [0.4, 0.5) is 0 Å². The van der Waals surface area contributed by atoms with Gasteiger partial charge in [0, 0.05) is 6.54 Å². The van der Waals surface area contributed by atoms with Crippen LogP contribution in [0.25, 0.3) is 0 Å². The van der Waals surface area contributed by atoms with Gasteiger partial charge in [-0.1, -0.05) is 41.9 Å². The molecule has 0 saturated heterocycles. The zero-order chi connectivity index (χ0) is 14.4. The molecule has 1 heterocycles. The Balaban J connectivity index is 2.20. The van der Waals surface area contributed by atoms with Crippen molar-refractivity contribution in [3.8, 4) is 6.07 Å². The minimum atomic E-state index is -0.370. The van der Waals surface area contributed by atoms with Gasteiger partial charge in [-0.2, -0.15) is 5.26 Å². The molecule has 2 rings (SSSR count). The number of carbonyl (C=O) groups excluding carboxylic acids is 1. The van der Waals surface area contributed by atoms with E-state index in [1.165, 1.54) is 17.3 Å². The topological polar surface area (TPSA) is 69.9 Å². The summed E-state index contributed by atoms with van der Waals surface area (Å²) >= 11 is 5.72. The first kappa shape index (κ1) is 14.0. The van der Waals surface area contributed by atoms with Crippen molar-refractivity contribution in [2.45, 2.75) is 6.54 Å². The van der Waals surface area contributed by atoms with E-state index in [0.29, 0.717) is 6.54 Å². The van der Waals surface area contributed by atoms with Crippen molar-refractivity contribution in [3.05, 3.63) is 59.1 Å². The molecule has 0 radical (unpaired) electrons. The van der Waals surface area contributed by atoms with Crippen molar-refractivity contribution >= 4 is 17.5 Å². The van der Waals surface area contributed by atoms with Crippen molar-refractivity contribution < 1.29 is 4.79 Å². The molecule has 0 atom stereocenters. The van der Waals surface area contributed by atoms with Crippen molar-refractivity contribution in [2.24, 2.45) is 0 Å². The summed E-state index contributed by atoms with van der Waals surface area (Å²) in [5.41, 5.74) is 1.06. The van der Waals surface area contributed by atoms with E-state index < -0.39 is 0 Å². The van der Waals surface area contributed by atoms with Crippen molar-refractivity contribution in [3.63, 3.8) is 0 Å². The molecule has 0 aliphatic heterocycles. The van der Waals surface area contributed by atoms with E-state index in [1.54, 1.807) is 0 Å². The number of carbonyl (C=O) groups is 1. The molecule has 0 fully saturated rings. The molecule has 6 heteroatoms. The van der Waals surface area contributed by atoms with Crippen LogP contribution >= 0.6 is 11.6 Å². The molecular weight excluding hydrogens is 276 g/mol. The molecule has 0 saturated carbocycles. The number of nitrogens with zero attached hydrogens (tertiary/aromatic N) is 4. The Bertz CT molecular complexity index is 639. The lowest BCUT2D eigenvalue weighted by Gasteiger charge is -2.19. The largest absolute Gasteiger partial charge is 0.320 e. The van der Waals surface area contributed by atoms with Crippen LogP contribution < -0.4 is 0 Å². The maximum atomic E-state index is 12.3. The van der Waals surface area contributed by atoms with Crippen molar-refractivity contribution in [1.29, 1.82) is 5.26 Å². The van der Waals surface area contributed by atoms with E-state index in [-0.39, 0.29) is 23.3 Å². The normalized spacial score (nSPS) is 9.80. The van der Waals surface area contributed by atoms with Crippen molar-refractivity contribution in [2.75, 3.05) is 6.54 Å².